The molecule has 0 aliphatic heterocycles. The van der Waals surface area contributed by atoms with Gasteiger partial charge in [-0.25, -0.2) is 23.5 Å². The molecule has 1 unspecified atom stereocenters. The molecule has 3 rings (SSSR count). The molecule has 0 radical (unpaired) electrons. The monoisotopic (exact) mass is 267 g/mol. The van der Waals surface area contributed by atoms with Gasteiger partial charge in [-0.1, -0.05) is 0 Å². The van der Waals surface area contributed by atoms with Gasteiger partial charge in [0.15, 0.2) is 5.69 Å². The first-order valence-electron chi connectivity index (χ1n) is 5.91. The number of imidazole rings is 1. The highest BCUT2D eigenvalue weighted by molar-refractivity contribution is 5.87. The van der Waals surface area contributed by atoms with Crippen molar-refractivity contribution in [2.75, 3.05) is 6.61 Å². The van der Waals surface area contributed by atoms with Crippen LogP contribution < -0.4 is 0 Å². The van der Waals surface area contributed by atoms with E-state index in [1.165, 1.54) is 23.0 Å². The molecule has 100 valence electrons. The second-order valence-corrected chi connectivity index (χ2v) is 4.46. The van der Waals surface area contributed by atoms with Crippen LogP contribution in [-0.2, 0) is 4.74 Å². The molecule has 1 fully saturated rings. The van der Waals surface area contributed by atoms with E-state index in [1.807, 2.05) is 0 Å². The predicted octanol–water partition coefficient (Wildman–Crippen LogP) is 2.03. The fraction of sp³-hybridized carbons (Fsp3) is 0.417. The third-order valence-electron chi connectivity index (χ3n) is 3.04. The lowest BCUT2D eigenvalue weighted by molar-refractivity contribution is 0.0520. The summed E-state index contributed by atoms with van der Waals surface area (Å²) in [5, 5.41) is 0. The average Bonchev–Trinajstić information content (AvgIpc) is 2.84. The Balaban J connectivity index is 1.93. The summed E-state index contributed by atoms with van der Waals surface area (Å²) in [4.78, 5) is 19.5. The first-order chi connectivity index (χ1) is 9.01. The van der Waals surface area contributed by atoms with E-state index in [2.05, 4.69) is 9.97 Å². The number of hydrogen-bond acceptors (Lipinski definition) is 4. The number of aromatic nitrogens is 3. The lowest BCUT2D eigenvalue weighted by Crippen LogP contribution is -2.04. The van der Waals surface area contributed by atoms with Crippen molar-refractivity contribution in [3.05, 3.63) is 29.8 Å². The molecular formula is C12H11F2N3O2. The average molecular weight is 267 g/mol. The zero-order valence-corrected chi connectivity index (χ0v) is 10.1. The van der Waals surface area contributed by atoms with E-state index in [1.54, 1.807) is 6.92 Å². The molecule has 19 heavy (non-hydrogen) atoms. The van der Waals surface area contributed by atoms with Crippen molar-refractivity contribution in [1.82, 2.24) is 14.4 Å². The Hall–Kier alpha value is -2.05. The maximum absolute atomic E-state index is 13.0. The summed E-state index contributed by atoms with van der Waals surface area (Å²) in [6.07, 6.45) is 4.19. The summed E-state index contributed by atoms with van der Waals surface area (Å²) in [7, 11) is 0. The lowest BCUT2D eigenvalue weighted by atomic mass is 10.2. The van der Waals surface area contributed by atoms with Gasteiger partial charge in [0.1, 0.15) is 0 Å². The maximum Gasteiger partial charge on any atom is 0.358 e. The molecule has 0 bridgehead atoms. The quantitative estimate of drug-likeness (QED) is 0.798. The van der Waals surface area contributed by atoms with Gasteiger partial charge in [0.25, 0.3) is 5.92 Å². The van der Waals surface area contributed by atoms with Crippen molar-refractivity contribution >= 4 is 11.7 Å². The fourth-order valence-electron chi connectivity index (χ4n) is 1.96. The highest BCUT2D eigenvalue weighted by atomic mass is 19.3. The van der Waals surface area contributed by atoms with Gasteiger partial charge in [-0.05, 0) is 12.5 Å². The summed E-state index contributed by atoms with van der Waals surface area (Å²) in [5.74, 6) is -3.68. The lowest BCUT2D eigenvalue weighted by Gasteiger charge is -1.99. The molecule has 0 spiro atoms. The Labute approximate surface area is 107 Å². The second-order valence-electron chi connectivity index (χ2n) is 4.46. The molecule has 2 aromatic rings. The highest BCUT2D eigenvalue weighted by Crippen LogP contribution is 2.55. The summed E-state index contributed by atoms with van der Waals surface area (Å²) in [6.45, 7) is 1.94. The van der Waals surface area contributed by atoms with Crippen molar-refractivity contribution in [1.29, 1.82) is 0 Å². The Morgan fingerprint density at radius 3 is 2.95 bits per heavy atom. The van der Waals surface area contributed by atoms with Gasteiger partial charge in [-0.3, -0.25) is 4.40 Å². The van der Waals surface area contributed by atoms with E-state index >= 15 is 0 Å². The molecule has 1 atom stereocenters. The van der Waals surface area contributed by atoms with Crippen molar-refractivity contribution in [2.24, 2.45) is 0 Å². The minimum Gasteiger partial charge on any atom is -0.461 e. The standard InChI is InChI=1S/C12H11F2N3O2/c1-2-19-10(18)9-6-17-5-7(4-15-11(17)16-9)8-3-12(8,13)14/h4-6,8H,2-3H2,1H3. The Kier molecular flexibility index (Phi) is 2.51. The summed E-state index contributed by atoms with van der Waals surface area (Å²) in [6, 6.07) is 0. The van der Waals surface area contributed by atoms with Gasteiger partial charge in [-0.15, -0.1) is 0 Å². The van der Waals surface area contributed by atoms with E-state index in [0.29, 0.717) is 5.56 Å². The van der Waals surface area contributed by atoms with Gasteiger partial charge in [-0.2, -0.15) is 0 Å². The van der Waals surface area contributed by atoms with Gasteiger partial charge >= 0.3 is 5.97 Å². The number of alkyl halides is 2. The summed E-state index contributed by atoms with van der Waals surface area (Å²) < 4.78 is 32.3. The maximum atomic E-state index is 13.0. The van der Waals surface area contributed by atoms with E-state index in [0.717, 1.165) is 0 Å². The van der Waals surface area contributed by atoms with Crippen LogP contribution >= 0.6 is 0 Å². The molecule has 5 nitrogen and oxygen atoms in total. The molecule has 0 amide bonds. The smallest absolute Gasteiger partial charge is 0.358 e. The van der Waals surface area contributed by atoms with Crippen LogP contribution in [0.5, 0.6) is 0 Å². The fourth-order valence-corrected chi connectivity index (χ4v) is 1.96. The van der Waals surface area contributed by atoms with Crippen LogP contribution in [0.4, 0.5) is 8.78 Å². The predicted molar refractivity (Wildman–Crippen MR) is 61.2 cm³/mol. The number of esters is 1. The van der Waals surface area contributed by atoms with Crippen molar-refractivity contribution in [3.63, 3.8) is 0 Å². The number of ether oxygens (including phenoxy) is 1. The van der Waals surface area contributed by atoms with E-state index in [9.17, 15) is 13.6 Å². The molecule has 1 aliphatic carbocycles. The third kappa shape index (κ3) is 2.05. The van der Waals surface area contributed by atoms with Crippen LogP contribution in [-0.4, -0.2) is 32.9 Å². The van der Waals surface area contributed by atoms with Crippen molar-refractivity contribution < 1.29 is 18.3 Å². The molecule has 7 heteroatoms. The van der Waals surface area contributed by atoms with Crippen LogP contribution in [0.25, 0.3) is 5.78 Å². The highest BCUT2D eigenvalue weighted by Gasteiger charge is 2.57. The Morgan fingerprint density at radius 2 is 2.32 bits per heavy atom. The second kappa shape index (κ2) is 3.97. The first kappa shape index (κ1) is 12.0. The molecule has 0 N–H and O–H groups in total. The van der Waals surface area contributed by atoms with Crippen molar-refractivity contribution in [2.45, 2.75) is 25.2 Å². The van der Waals surface area contributed by atoms with Crippen LogP contribution in [0.15, 0.2) is 18.6 Å². The SMILES string of the molecule is CCOC(=O)c1cn2cc(C3CC3(F)F)cnc2n1. The first-order valence-corrected chi connectivity index (χ1v) is 5.91. The van der Waals surface area contributed by atoms with E-state index in [4.69, 9.17) is 4.74 Å². The van der Waals surface area contributed by atoms with Crippen LogP contribution in [0.3, 0.4) is 0 Å². The number of halogens is 2. The van der Waals surface area contributed by atoms with Crippen molar-refractivity contribution in [3.8, 4) is 0 Å². The van der Waals surface area contributed by atoms with Crippen LogP contribution in [0.1, 0.15) is 35.3 Å². The van der Waals surface area contributed by atoms with Crippen LogP contribution in [0.2, 0.25) is 0 Å². The number of rotatable bonds is 3. The number of fused-ring (bicyclic) bond motifs is 1. The number of nitrogens with zero attached hydrogens (tertiary/aromatic N) is 3. The molecular weight excluding hydrogens is 256 g/mol. The molecule has 2 heterocycles. The molecule has 0 saturated heterocycles. The third-order valence-corrected chi connectivity index (χ3v) is 3.04. The van der Waals surface area contributed by atoms with Crippen LogP contribution in [0, 0.1) is 0 Å². The molecule has 0 aromatic carbocycles. The number of hydrogen-bond donors (Lipinski definition) is 0. The molecule has 1 saturated carbocycles. The molecule has 2 aromatic heterocycles. The summed E-state index contributed by atoms with van der Waals surface area (Å²) >= 11 is 0. The number of carbonyl (C=O) groups is 1. The van der Waals surface area contributed by atoms with E-state index in [-0.39, 0.29) is 24.5 Å². The zero-order chi connectivity index (χ0) is 13.6. The van der Waals surface area contributed by atoms with Gasteiger partial charge in [0.2, 0.25) is 5.78 Å². The molecule has 1 aliphatic rings. The Morgan fingerprint density at radius 1 is 1.58 bits per heavy atom. The van der Waals surface area contributed by atoms with Gasteiger partial charge < -0.3 is 4.74 Å². The minimum absolute atomic E-state index is 0.119. The largest absolute Gasteiger partial charge is 0.461 e. The minimum atomic E-state index is -2.64. The summed E-state index contributed by atoms with van der Waals surface area (Å²) in [5.41, 5.74) is 0.569. The normalized spacial score (nSPS) is 20.5. The Bertz CT molecular complexity index is 653. The van der Waals surface area contributed by atoms with Gasteiger partial charge in [0, 0.05) is 25.0 Å². The van der Waals surface area contributed by atoms with Gasteiger partial charge in [0.05, 0.1) is 12.5 Å². The van der Waals surface area contributed by atoms with E-state index < -0.39 is 17.8 Å². The zero-order valence-electron chi connectivity index (χ0n) is 10.1. The topological polar surface area (TPSA) is 56.5 Å². The number of carbonyl (C=O) groups excluding carboxylic acids is 1.